The standard InChI is InChI=1S/C20H22N2O4S/c1-22-15-11-16(24-2)17(25-3)12-18(15)27-20(22)21-10-9-13-5-7-14(8-6-13)19(23)26-4/h5-8,10-12,20H,9H2,1-4H3/b21-10+. The molecule has 0 fully saturated rings. The third-order valence-corrected chi connectivity index (χ3v) is 5.57. The maximum Gasteiger partial charge on any atom is 0.337 e. The summed E-state index contributed by atoms with van der Waals surface area (Å²) in [6.07, 6.45) is 2.59. The predicted octanol–water partition coefficient (Wildman–Crippen LogP) is 3.63. The van der Waals surface area contributed by atoms with Crippen LogP contribution >= 0.6 is 11.8 Å². The average Bonchev–Trinajstić information content (AvgIpc) is 3.01. The number of benzene rings is 2. The van der Waals surface area contributed by atoms with Crippen LogP contribution in [0.3, 0.4) is 0 Å². The van der Waals surface area contributed by atoms with Gasteiger partial charge in [0.2, 0.25) is 0 Å². The minimum Gasteiger partial charge on any atom is -0.493 e. The van der Waals surface area contributed by atoms with Gasteiger partial charge in [0.15, 0.2) is 17.0 Å². The quantitative estimate of drug-likeness (QED) is 0.558. The molecule has 2 aromatic rings. The number of ether oxygens (including phenoxy) is 3. The molecule has 1 heterocycles. The van der Waals surface area contributed by atoms with Crippen molar-refractivity contribution in [3.63, 3.8) is 0 Å². The molecule has 1 unspecified atom stereocenters. The number of hydrogen-bond donors (Lipinski definition) is 0. The maximum absolute atomic E-state index is 11.5. The molecule has 0 aliphatic carbocycles. The summed E-state index contributed by atoms with van der Waals surface area (Å²) in [6, 6.07) is 11.3. The van der Waals surface area contributed by atoms with E-state index in [9.17, 15) is 4.79 Å². The molecule has 0 N–H and O–H groups in total. The molecule has 0 radical (unpaired) electrons. The van der Waals surface area contributed by atoms with E-state index in [0.29, 0.717) is 23.5 Å². The minimum atomic E-state index is -0.331. The normalized spacial score (nSPS) is 15.7. The second-order valence-electron chi connectivity index (χ2n) is 5.95. The molecule has 0 saturated heterocycles. The summed E-state index contributed by atoms with van der Waals surface area (Å²) in [4.78, 5) is 19.4. The highest BCUT2D eigenvalue weighted by atomic mass is 32.2. The number of rotatable bonds is 6. The maximum atomic E-state index is 11.5. The summed E-state index contributed by atoms with van der Waals surface area (Å²) < 4.78 is 15.5. The molecule has 27 heavy (non-hydrogen) atoms. The number of anilines is 1. The summed E-state index contributed by atoms with van der Waals surface area (Å²) in [5.41, 5.74) is 2.66. The number of fused-ring (bicyclic) bond motifs is 1. The van der Waals surface area contributed by atoms with Gasteiger partial charge >= 0.3 is 5.97 Å². The highest BCUT2D eigenvalue weighted by molar-refractivity contribution is 8.00. The van der Waals surface area contributed by atoms with Crippen molar-refractivity contribution in [1.29, 1.82) is 0 Å². The molecular formula is C20H22N2O4S. The van der Waals surface area contributed by atoms with Crippen LogP contribution in [0.2, 0.25) is 0 Å². The van der Waals surface area contributed by atoms with Crippen molar-refractivity contribution in [3.05, 3.63) is 47.5 Å². The molecule has 0 amide bonds. The molecule has 1 atom stereocenters. The van der Waals surface area contributed by atoms with Gasteiger partial charge in [0.05, 0.1) is 32.6 Å². The Morgan fingerprint density at radius 1 is 1.15 bits per heavy atom. The van der Waals surface area contributed by atoms with Crippen molar-refractivity contribution in [1.82, 2.24) is 0 Å². The molecule has 1 aliphatic heterocycles. The summed E-state index contributed by atoms with van der Waals surface area (Å²) >= 11 is 1.67. The van der Waals surface area contributed by atoms with Crippen molar-refractivity contribution >= 4 is 29.6 Å². The molecule has 0 saturated carbocycles. The Bertz CT molecular complexity index is 852. The van der Waals surface area contributed by atoms with Crippen molar-refractivity contribution in [3.8, 4) is 11.5 Å². The van der Waals surface area contributed by atoms with Crippen molar-refractivity contribution in [2.45, 2.75) is 16.8 Å². The molecule has 142 valence electrons. The van der Waals surface area contributed by atoms with Gasteiger partial charge < -0.3 is 19.1 Å². The van der Waals surface area contributed by atoms with E-state index >= 15 is 0 Å². The molecule has 1 aliphatic rings. The third kappa shape index (κ3) is 4.03. The predicted molar refractivity (Wildman–Crippen MR) is 108 cm³/mol. The molecule has 0 aromatic heterocycles. The van der Waals surface area contributed by atoms with Crippen LogP contribution in [0.25, 0.3) is 0 Å². The number of aliphatic imine (C=N–C) groups is 1. The number of hydrogen-bond acceptors (Lipinski definition) is 7. The Balaban J connectivity index is 1.67. The lowest BCUT2D eigenvalue weighted by atomic mass is 10.1. The number of thioether (sulfide) groups is 1. The van der Waals surface area contributed by atoms with E-state index in [1.807, 2.05) is 37.5 Å². The largest absolute Gasteiger partial charge is 0.493 e. The summed E-state index contributed by atoms with van der Waals surface area (Å²) in [5, 5.41) is 0. The molecule has 7 heteroatoms. The first-order chi connectivity index (χ1) is 13.1. The zero-order valence-electron chi connectivity index (χ0n) is 15.8. The Morgan fingerprint density at radius 3 is 2.44 bits per heavy atom. The van der Waals surface area contributed by atoms with Crippen molar-refractivity contribution in [2.75, 3.05) is 33.3 Å². The number of esters is 1. The molecule has 6 nitrogen and oxygen atoms in total. The fourth-order valence-corrected chi connectivity index (χ4v) is 3.95. The smallest absolute Gasteiger partial charge is 0.337 e. The lowest BCUT2D eigenvalue weighted by Crippen LogP contribution is -2.22. The van der Waals surface area contributed by atoms with Gasteiger partial charge in [0.1, 0.15) is 0 Å². The van der Waals surface area contributed by atoms with E-state index in [1.165, 1.54) is 7.11 Å². The summed E-state index contributed by atoms with van der Waals surface area (Å²) in [7, 11) is 6.65. The van der Waals surface area contributed by atoms with Gasteiger partial charge in [-0.15, -0.1) is 0 Å². The van der Waals surface area contributed by atoms with Crippen LogP contribution in [0.5, 0.6) is 11.5 Å². The molecule has 3 rings (SSSR count). The van der Waals surface area contributed by atoms with E-state index in [0.717, 1.165) is 16.1 Å². The first kappa shape index (κ1) is 19.1. The Hall–Kier alpha value is -2.67. The second kappa shape index (κ2) is 8.35. The van der Waals surface area contributed by atoms with Crippen LogP contribution in [-0.2, 0) is 11.2 Å². The van der Waals surface area contributed by atoms with Gasteiger partial charge in [-0.25, -0.2) is 4.79 Å². The van der Waals surface area contributed by atoms with Crippen LogP contribution in [0.4, 0.5) is 5.69 Å². The molecule has 2 aromatic carbocycles. The van der Waals surface area contributed by atoms with Crippen LogP contribution in [0, 0.1) is 0 Å². The van der Waals surface area contributed by atoms with Gasteiger partial charge in [0, 0.05) is 30.6 Å². The summed E-state index contributed by atoms with van der Waals surface area (Å²) in [5.74, 6) is 1.09. The zero-order valence-corrected chi connectivity index (χ0v) is 16.6. The first-order valence-electron chi connectivity index (χ1n) is 8.41. The molecule has 0 bridgehead atoms. The van der Waals surface area contributed by atoms with Gasteiger partial charge in [0.25, 0.3) is 0 Å². The second-order valence-corrected chi connectivity index (χ2v) is 7.05. The van der Waals surface area contributed by atoms with Gasteiger partial charge in [-0.05, 0) is 23.8 Å². The Morgan fingerprint density at radius 2 is 1.81 bits per heavy atom. The SMILES string of the molecule is COC(=O)c1ccc(C/C=N/C2Sc3cc(OC)c(OC)cc3N2C)cc1. The first-order valence-corrected chi connectivity index (χ1v) is 9.29. The zero-order chi connectivity index (χ0) is 19.4. The van der Waals surface area contributed by atoms with Crippen LogP contribution in [-0.4, -0.2) is 46.1 Å². The summed E-state index contributed by atoms with van der Waals surface area (Å²) in [6.45, 7) is 0. The number of methoxy groups -OCH3 is 3. The Kier molecular flexibility index (Phi) is 5.91. The average molecular weight is 386 g/mol. The fourth-order valence-electron chi connectivity index (χ4n) is 2.80. The Labute approximate surface area is 163 Å². The number of nitrogens with zero attached hydrogens (tertiary/aromatic N) is 2. The lowest BCUT2D eigenvalue weighted by molar-refractivity contribution is 0.0600. The van der Waals surface area contributed by atoms with Crippen molar-refractivity contribution in [2.24, 2.45) is 4.99 Å². The molecule has 0 spiro atoms. The third-order valence-electron chi connectivity index (χ3n) is 4.34. The highest BCUT2D eigenvalue weighted by Gasteiger charge is 2.28. The fraction of sp³-hybridized carbons (Fsp3) is 0.300. The monoisotopic (exact) mass is 386 g/mol. The minimum absolute atomic E-state index is 0.0360. The van der Waals surface area contributed by atoms with Gasteiger partial charge in [-0.1, -0.05) is 23.9 Å². The van der Waals surface area contributed by atoms with Crippen LogP contribution < -0.4 is 14.4 Å². The van der Waals surface area contributed by atoms with Gasteiger partial charge in [-0.2, -0.15) is 0 Å². The van der Waals surface area contributed by atoms with Crippen LogP contribution in [0.1, 0.15) is 15.9 Å². The van der Waals surface area contributed by atoms with Crippen molar-refractivity contribution < 1.29 is 19.0 Å². The highest BCUT2D eigenvalue weighted by Crippen LogP contribution is 2.47. The number of carbonyl (C=O) groups is 1. The van der Waals surface area contributed by atoms with Gasteiger partial charge in [-0.3, -0.25) is 4.99 Å². The molecular weight excluding hydrogens is 364 g/mol. The number of carbonyl (C=O) groups excluding carboxylic acids is 1. The van der Waals surface area contributed by atoms with E-state index in [-0.39, 0.29) is 11.5 Å². The topological polar surface area (TPSA) is 60.4 Å². The van der Waals surface area contributed by atoms with E-state index in [4.69, 9.17) is 14.2 Å². The van der Waals surface area contributed by atoms with Crippen LogP contribution in [0.15, 0.2) is 46.3 Å². The van der Waals surface area contributed by atoms with E-state index < -0.39 is 0 Å². The lowest BCUT2D eigenvalue weighted by Gasteiger charge is -2.18. The van der Waals surface area contributed by atoms with E-state index in [2.05, 4.69) is 9.89 Å². The van der Waals surface area contributed by atoms with E-state index in [1.54, 1.807) is 38.1 Å².